The second kappa shape index (κ2) is 5.02. The molecule has 2 aromatic rings. The van der Waals surface area contributed by atoms with E-state index in [0.717, 1.165) is 24.2 Å². The molecule has 0 fully saturated rings. The molecular weight excluding hydrogens is 246 g/mol. The lowest BCUT2D eigenvalue weighted by molar-refractivity contribution is 0.169. The third-order valence-electron chi connectivity index (χ3n) is 3.87. The zero-order valence-corrected chi connectivity index (χ0v) is 11.6. The van der Waals surface area contributed by atoms with Crippen molar-refractivity contribution < 1.29 is 4.74 Å². The van der Waals surface area contributed by atoms with Crippen molar-refractivity contribution in [3.63, 3.8) is 0 Å². The monoisotopic (exact) mass is 263 g/mol. The van der Waals surface area contributed by atoms with Crippen LogP contribution in [-0.4, -0.2) is 6.61 Å². The van der Waals surface area contributed by atoms with Crippen molar-refractivity contribution in [3.05, 3.63) is 65.2 Å². The zero-order chi connectivity index (χ0) is 14.0. The van der Waals surface area contributed by atoms with Gasteiger partial charge in [-0.2, -0.15) is 5.26 Å². The van der Waals surface area contributed by atoms with E-state index < -0.39 is 5.41 Å². The van der Waals surface area contributed by atoms with Gasteiger partial charge in [0.2, 0.25) is 0 Å². The summed E-state index contributed by atoms with van der Waals surface area (Å²) in [6.07, 6.45) is 1.49. The van der Waals surface area contributed by atoms with Gasteiger partial charge >= 0.3 is 0 Å². The fourth-order valence-electron chi connectivity index (χ4n) is 2.86. The fourth-order valence-corrected chi connectivity index (χ4v) is 2.86. The van der Waals surface area contributed by atoms with Gasteiger partial charge in [-0.05, 0) is 37.0 Å². The maximum atomic E-state index is 9.67. The third kappa shape index (κ3) is 2.40. The van der Waals surface area contributed by atoms with E-state index in [2.05, 4.69) is 37.3 Å². The lowest BCUT2D eigenvalue weighted by Gasteiger charge is -2.32. The standard InChI is InChI=1S/C18H17NO/c1-14-5-4-6-15(9-14)10-18(12-19)11-16-7-2-3-8-17(16)20-13-18/h2-9H,10-11,13H2,1H3. The highest BCUT2D eigenvalue weighted by Crippen LogP contribution is 2.36. The first-order valence-electron chi connectivity index (χ1n) is 6.88. The Kier molecular flexibility index (Phi) is 3.20. The van der Waals surface area contributed by atoms with Crippen LogP contribution in [0.1, 0.15) is 16.7 Å². The Morgan fingerprint density at radius 2 is 2.05 bits per heavy atom. The highest BCUT2D eigenvalue weighted by Gasteiger charge is 2.36. The van der Waals surface area contributed by atoms with Crippen molar-refractivity contribution >= 4 is 0 Å². The maximum Gasteiger partial charge on any atom is 0.122 e. The van der Waals surface area contributed by atoms with Crippen LogP contribution in [0, 0.1) is 23.7 Å². The first-order valence-corrected chi connectivity index (χ1v) is 6.88. The van der Waals surface area contributed by atoms with E-state index >= 15 is 0 Å². The van der Waals surface area contributed by atoms with Crippen LogP contribution in [0.4, 0.5) is 0 Å². The molecule has 0 aromatic heterocycles. The summed E-state index contributed by atoms with van der Waals surface area (Å²) in [5, 5.41) is 9.67. The number of hydrogen-bond acceptors (Lipinski definition) is 2. The molecule has 0 saturated carbocycles. The van der Waals surface area contributed by atoms with Gasteiger partial charge in [-0.1, -0.05) is 48.0 Å². The minimum atomic E-state index is -0.456. The molecule has 100 valence electrons. The number of ether oxygens (including phenoxy) is 1. The number of rotatable bonds is 2. The van der Waals surface area contributed by atoms with E-state index in [1.165, 1.54) is 11.1 Å². The molecule has 0 bridgehead atoms. The van der Waals surface area contributed by atoms with Gasteiger partial charge in [0.25, 0.3) is 0 Å². The molecule has 1 aliphatic heterocycles. The van der Waals surface area contributed by atoms with Crippen molar-refractivity contribution in [2.75, 3.05) is 6.61 Å². The van der Waals surface area contributed by atoms with Gasteiger partial charge in [0.05, 0.1) is 11.5 Å². The topological polar surface area (TPSA) is 33.0 Å². The molecule has 0 saturated heterocycles. The quantitative estimate of drug-likeness (QED) is 0.828. The molecule has 0 radical (unpaired) electrons. The van der Waals surface area contributed by atoms with Crippen molar-refractivity contribution in [2.24, 2.45) is 5.41 Å². The molecule has 0 aliphatic carbocycles. The summed E-state index contributed by atoms with van der Waals surface area (Å²) in [5.74, 6) is 0.919. The molecule has 1 heterocycles. The average molecular weight is 263 g/mol. The lowest BCUT2D eigenvalue weighted by Crippen LogP contribution is -2.35. The summed E-state index contributed by atoms with van der Waals surface area (Å²) in [6, 6.07) is 18.9. The van der Waals surface area contributed by atoms with Gasteiger partial charge in [0, 0.05) is 0 Å². The van der Waals surface area contributed by atoms with Crippen LogP contribution in [0.15, 0.2) is 48.5 Å². The molecule has 20 heavy (non-hydrogen) atoms. The van der Waals surface area contributed by atoms with E-state index in [1.54, 1.807) is 0 Å². The highest BCUT2D eigenvalue weighted by atomic mass is 16.5. The summed E-state index contributed by atoms with van der Waals surface area (Å²) in [5.41, 5.74) is 3.11. The van der Waals surface area contributed by atoms with Crippen LogP contribution in [0.2, 0.25) is 0 Å². The minimum Gasteiger partial charge on any atom is -0.492 e. The Balaban J connectivity index is 1.89. The van der Waals surface area contributed by atoms with Crippen LogP contribution in [-0.2, 0) is 12.8 Å². The van der Waals surface area contributed by atoms with Crippen LogP contribution >= 0.6 is 0 Å². The first kappa shape index (κ1) is 12.7. The number of nitrogens with zero attached hydrogens (tertiary/aromatic N) is 1. The number of para-hydroxylation sites is 1. The maximum absolute atomic E-state index is 9.67. The minimum absolute atomic E-state index is 0.456. The van der Waals surface area contributed by atoms with E-state index in [0.29, 0.717) is 6.61 Å². The SMILES string of the molecule is Cc1cccc(CC2(C#N)COc3ccccc3C2)c1. The second-order valence-electron chi connectivity index (χ2n) is 5.63. The molecule has 1 aliphatic rings. The number of fused-ring (bicyclic) bond motifs is 1. The summed E-state index contributed by atoms with van der Waals surface area (Å²) in [7, 11) is 0. The predicted octanol–water partition coefficient (Wildman–Crippen LogP) is 3.68. The molecule has 2 aromatic carbocycles. The first-order chi connectivity index (χ1) is 9.71. The van der Waals surface area contributed by atoms with Gasteiger partial charge in [0.15, 0.2) is 0 Å². The van der Waals surface area contributed by atoms with E-state index in [4.69, 9.17) is 4.74 Å². The normalized spacial score (nSPS) is 20.6. The van der Waals surface area contributed by atoms with Crippen molar-refractivity contribution in [2.45, 2.75) is 19.8 Å². The van der Waals surface area contributed by atoms with Crippen LogP contribution in [0.5, 0.6) is 5.75 Å². The van der Waals surface area contributed by atoms with E-state index in [1.807, 2.05) is 24.3 Å². The molecule has 0 spiro atoms. The Morgan fingerprint density at radius 3 is 2.85 bits per heavy atom. The molecule has 3 rings (SSSR count). The predicted molar refractivity (Wildman–Crippen MR) is 78.6 cm³/mol. The Bertz CT molecular complexity index is 671. The van der Waals surface area contributed by atoms with Crippen molar-refractivity contribution in [3.8, 4) is 11.8 Å². The molecule has 0 amide bonds. The van der Waals surface area contributed by atoms with Crippen LogP contribution in [0.3, 0.4) is 0 Å². The smallest absolute Gasteiger partial charge is 0.122 e. The van der Waals surface area contributed by atoms with Crippen LogP contribution < -0.4 is 4.74 Å². The Labute approximate surface area is 119 Å². The number of benzene rings is 2. The second-order valence-corrected chi connectivity index (χ2v) is 5.63. The average Bonchev–Trinajstić information content (AvgIpc) is 2.47. The molecule has 2 nitrogen and oxygen atoms in total. The largest absolute Gasteiger partial charge is 0.492 e. The highest BCUT2D eigenvalue weighted by molar-refractivity contribution is 5.38. The van der Waals surface area contributed by atoms with Gasteiger partial charge in [-0.3, -0.25) is 0 Å². The van der Waals surface area contributed by atoms with E-state index in [-0.39, 0.29) is 0 Å². The van der Waals surface area contributed by atoms with E-state index in [9.17, 15) is 5.26 Å². The molecule has 0 N–H and O–H groups in total. The summed E-state index contributed by atoms with van der Waals surface area (Å²) in [6.45, 7) is 2.55. The lowest BCUT2D eigenvalue weighted by atomic mass is 9.77. The zero-order valence-electron chi connectivity index (χ0n) is 11.6. The van der Waals surface area contributed by atoms with Gasteiger partial charge in [0.1, 0.15) is 12.4 Å². The molecule has 2 heteroatoms. The van der Waals surface area contributed by atoms with Gasteiger partial charge in [-0.15, -0.1) is 0 Å². The molecular formula is C18H17NO. The molecule has 1 unspecified atom stereocenters. The summed E-state index contributed by atoms with van der Waals surface area (Å²) >= 11 is 0. The van der Waals surface area contributed by atoms with Crippen molar-refractivity contribution in [1.29, 1.82) is 5.26 Å². The fraction of sp³-hybridized carbons (Fsp3) is 0.278. The van der Waals surface area contributed by atoms with Crippen LogP contribution in [0.25, 0.3) is 0 Å². The summed E-state index contributed by atoms with van der Waals surface area (Å²) < 4.78 is 5.81. The number of nitriles is 1. The summed E-state index contributed by atoms with van der Waals surface area (Å²) in [4.78, 5) is 0. The Hall–Kier alpha value is -2.27. The number of aryl methyl sites for hydroxylation is 1. The van der Waals surface area contributed by atoms with Gasteiger partial charge < -0.3 is 4.74 Å². The molecule has 1 atom stereocenters. The van der Waals surface area contributed by atoms with Crippen molar-refractivity contribution in [1.82, 2.24) is 0 Å². The third-order valence-corrected chi connectivity index (χ3v) is 3.87. The van der Waals surface area contributed by atoms with Gasteiger partial charge in [-0.25, -0.2) is 0 Å². The Morgan fingerprint density at radius 1 is 1.20 bits per heavy atom. The number of hydrogen-bond donors (Lipinski definition) is 0.